The number of hydrogen-bond donors (Lipinski definition) is 2. The summed E-state index contributed by atoms with van der Waals surface area (Å²) in [5.41, 5.74) is 1.26. The maximum absolute atomic E-state index is 13.2. The van der Waals surface area contributed by atoms with Gasteiger partial charge in [-0.05, 0) is 43.2 Å². The second kappa shape index (κ2) is 8.58. The Kier molecular flexibility index (Phi) is 6.47. The van der Waals surface area contributed by atoms with E-state index in [9.17, 15) is 13.6 Å². The van der Waals surface area contributed by atoms with Crippen LogP contribution in [-0.4, -0.2) is 19.1 Å². The summed E-state index contributed by atoms with van der Waals surface area (Å²) in [6.45, 7) is 3.74. The van der Waals surface area contributed by atoms with Crippen molar-refractivity contribution in [3.05, 3.63) is 59.7 Å². The van der Waals surface area contributed by atoms with Gasteiger partial charge in [0.15, 0.2) is 11.6 Å². The maximum atomic E-state index is 13.2. The first-order valence-corrected chi connectivity index (χ1v) is 8.10. The Morgan fingerprint density at radius 2 is 1.80 bits per heavy atom. The number of ether oxygens (including phenoxy) is 1. The normalized spacial score (nSPS) is 13.2. The highest BCUT2D eigenvalue weighted by Crippen LogP contribution is 2.21. The van der Waals surface area contributed by atoms with Gasteiger partial charge in [-0.15, -0.1) is 0 Å². The fraction of sp³-hybridized carbons (Fsp3) is 0.316. The van der Waals surface area contributed by atoms with Crippen molar-refractivity contribution >= 4 is 11.6 Å². The van der Waals surface area contributed by atoms with Crippen molar-refractivity contribution < 1.29 is 18.3 Å². The second-order valence-corrected chi connectivity index (χ2v) is 5.74. The minimum atomic E-state index is -0.997. The number of hydrogen-bond acceptors (Lipinski definition) is 3. The third-order valence-electron chi connectivity index (χ3n) is 3.96. The van der Waals surface area contributed by atoms with Crippen molar-refractivity contribution in [2.75, 3.05) is 12.4 Å². The Morgan fingerprint density at radius 1 is 1.12 bits per heavy atom. The molecule has 0 radical (unpaired) electrons. The largest absolute Gasteiger partial charge is 0.497 e. The monoisotopic (exact) mass is 348 g/mol. The highest BCUT2D eigenvalue weighted by atomic mass is 19.2. The molecular formula is C19H22F2N2O2. The quantitative estimate of drug-likeness (QED) is 0.794. The molecular weight excluding hydrogens is 326 g/mol. The number of benzene rings is 2. The molecule has 0 aliphatic rings. The van der Waals surface area contributed by atoms with Gasteiger partial charge in [-0.2, -0.15) is 0 Å². The van der Waals surface area contributed by atoms with Crippen LogP contribution < -0.4 is 15.4 Å². The van der Waals surface area contributed by atoms with E-state index in [4.69, 9.17) is 4.74 Å². The van der Waals surface area contributed by atoms with E-state index in [1.165, 1.54) is 6.07 Å². The summed E-state index contributed by atoms with van der Waals surface area (Å²) in [7, 11) is 1.61. The lowest BCUT2D eigenvalue weighted by Gasteiger charge is -2.22. The molecule has 2 rings (SSSR count). The van der Waals surface area contributed by atoms with Crippen molar-refractivity contribution in [2.45, 2.75) is 32.4 Å². The molecule has 6 heteroatoms. The van der Waals surface area contributed by atoms with E-state index in [0.29, 0.717) is 0 Å². The molecule has 0 aromatic heterocycles. The van der Waals surface area contributed by atoms with Crippen LogP contribution in [0.2, 0.25) is 0 Å². The van der Waals surface area contributed by atoms with Crippen LogP contribution in [0.5, 0.6) is 5.75 Å². The predicted octanol–water partition coefficient (Wildman–Crippen LogP) is 4.04. The number of rotatable bonds is 7. The molecule has 1 amide bonds. The summed E-state index contributed by atoms with van der Waals surface area (Å²) < 4.78 is 31.3. The second-order valence-electron chi connectivity index (χ2n) is 5.74. The first-order valence-electron chi connectivity index (χ1n) is 8.10. The van der Waals surface area contributed by atoms with Crippen LogP contribution in [0, 0.1) is 11.6 Å². The van der Waals surface area contributed by atoms with Gasteiger partial charge in [0.1, 0.15) is 5.75 Å². The predicted molar refractivity (Wildman–Crippen MR) is 93.6 cm³/mol. The molecule has 0 aliphatic carbocycles. The number of methoxy groups -OCH3 is 1. The van der Waals surface area contributed by atoms with Gasteiger partial charge in [0.05, 0.1) is 13.2 Å². The van der Waals surface area contributed by atoms with Crippen molar-refractivity contribution in [1.29, 1.82) is 0 Å². The summed E-state index contributed by atoms with van der Waals surface area (Å²) in [6.07, 6.45) is 0.787. The van der Waals surface area contributed by atoms with Crippen molar-refractivity contribution in [1.82, 2.24) is 5.32 Å². The molecule has 0 saturated carbocycles. The fourth-order valence-electron chi connectivity index (χ4n) is 2.49. The number of carbonyl (C=O) groups excluding carboxylic acids is 1. The molecule has 0 fully saturated rings. The summed E-state index contributed by atoms with van der Waals surface area (Å²) in [5.74, 6) is -1.50. The molecule has 0 aliphatic heterocycles. The van der Waals surface area contributed by atoms with Gasteiger partial charge >= 0.3 is 0 Å². The first kappa shape index (κ1) is 18.9. The van der Waals surface area contributed by atoms with Crippen LogP contribution in [0.15, 0.2) is 42.5 Å². The molecule has 2 atom stereocenters. The smallest absolute Gasteiger partial charge is 0.241 e. The zero-order valence-corrected chi connectivity index (χ0v) is 14.5. The Hall–Kier alpha value is -2.47. The molecule has 0 bridgehead atoms. The van der Waals surface area contributed by atoms with E-state index in [-0.39, 0.29) is 17.6 Å². The number of halogens is 2. The van der Waals surface area contributed by atoms with Crippen LogP contribution in [-0.2, 0) is 4.79 Å². The Labute approximate surface area is 146 Å². The van der Waals surface area contributed by atoms with E-state index in [0.717, 1.165) is 29.9 Å². The molecule has 0 heterocycles. The summed E-state index contributed by atoms with van der Waals surface area (Å²) in [4.78, 5) is 12.3. The lowest BCUT2D eigenvalue weighted by molar-refractivity contribution is -0.118. The van der Waals surface area contributed by atoms with Gasteiger partial charge in [0.25, 0.3) is 0 Å². The number of amides is 1. The minimum Gasteiger partial charge on any atom is -0.497 e. The highest BCUT2D eigenvalue weighted by Gasteiger charge is 2.18. The van der Waals surface area contributed by atoms with Gasteiger partial charge in [-0.3, -0.25) is 10.1 Å². The lowest BCUT2D eigenvalue weighted by Crippen LogP contribution is -2.40. The van der Waals surface area contributed by atoms with Crippen LogP contribution >= 0.6 is 0 Å². The minimum absolute atomic E-state index is 0.0170. The summed E-state index contributed by atoms with van der Waals surface area (Å²) in [5, 5.41) is 5.83. The van der Waals surface area contributed by atoms with Crippen molar-refractivity contribution in [3.8, 4) is 5.75 Å². The van der Waals surface area contributed by atoms with Crippen molar-refractivity contribution in [2.24, 2.45) is 0 Å². The SMILES string of the molecule is CCC(NC(C)C(=O)Nc1ccc(F)c(F)c1)c1ccc(OC)cc1. The van der Waals surface area contributed by atoms with E-state index >= 15 is 0 Å². The zero-order chi connectivity index (χ0) is 18.4. The molecule has 134 valence electrons. The number of nitrogens with one attached hydrogen (secondary N) is 2. The van der Waals surface area contributed by atoms with Crippen LogP contribution in [0.4, 0.5) is 14.5 Å². The Balaban J connectivity index is 2.00. The zero-order valence-electron chi connectivity index (χ0n) is 14.5. The topological polar surface area (TPSA) is 50.4 Å². The molecule has 4 nitrogen and oxygen atoms in total. The van der Waals surface area contributed by atoms with Gasteiger partial charge < -0.3 is 10.1 Å². The maximum Gasteiger partial charge on any atom is 0.241 e. The molecule has 0 saturated heterocycles. The molecule has 2 aromatic carbocycles. The average molecular weight is 348 g/mol. The fourth-order valence-corrected chi connectivity index (χ4v) is 2.49. The first-order chi connectivity index (χ1) is 11.9. The molecule has 2 aromatic rings. The third kappa shape index (κ3) is 5.00. The molecule has 25 heavy (non-hydrogen) atoms. The van der Waals surface area contributed by atoms with E-state index in [2.05, 4.69) is 10.6 Å². The van der Waals surface area contributed by atoms with Gasteiger partial charge in [-0.25, -0.2) is 8.78 Å². The molecule has 0 spiro atoms. The van der Waals surface area contributed by atoms with Crippen molar-refractivity contribution in [3.63, 3.8) is 0 Å². The van der Waals surface area contributed by atoms with Crippen LogP contribution in [0.25, 0.3) is 0 Å². The average Bonchev–Trinajstić information content (AvgIpc) is 2.62. The lowest BCUT2D eigenvalue weighted by atomic mass is 10.0. The van der Waals surface area contributed by atoms with Crippen LogP contribution in [0.3, 0.4) is 0 Å². The third-order valence-corrected chi connectivity index (χ3v) is 3.96. The molecule has 2 N–H and O–H groups in total. The van der Waals surface area contributed by atoms with E-state index in [1.807, 2.05) is 31.2 Å². The number of anilines is 1. The van der Waals surface area contributed by atoms with Gasteiger partial charge in [0.2, 0.25) is 5.91 Å². The van der Waals surface area contributed by atoms with Gasteiger partial charge in [-0.1, -0.05) is 19.1 Å². The van der Waals surface area contributed by atoms with E-state index in [1.54, 1.807) is 14.0 Å². The summed E-state index contributed by atoms with van der Waals surface area (Å²) >= 11 is 0. The Morgan fingerprint density at radius 3 is 2.36 bits per heavy atom. The van der Waals surface area contributed by atoms with E-state index < -0.39 is 17.7 Å². The molecule has 2 unspecified atom stereocenters. The Bertz CT molecular complexity index is 720. The van der Waals surface area contributed by atoms with Gasteiger partial charge in [0, 0.05) is 17.8 Å². The van der Waals surface area contributed by atoms with Crippen LogP contribution in [0.1, 0.15) is 31.9 Å². The summed E-state index contributed by atoms with van der Waals surface area (Å²) in [6, 6.07) is 10.4. The standard InChI is InChI=1S/C19H22F2N2O2/c1-4-18(13-5-8-15(25-3)9-6-13)22-12(2)19(24)23-14-7-10-16(20)17(21)11-14/h5-12,18,22H,4H2,1-3H3,(H,23,24). The highest BCUT2D eigenvalue weighted by molar-refractivity contribution is 5.94. The number of carbonyl (C=O) groups is 1.